The first-order valence-electron chi connectivity index (χ1n) is 7.82. The lowest BCUT2D eigenvalue weighted by Crippen LogP contribution is -2.38. The Balaban J connectivity index is 1.63. The number of nitrogens with zero attached hydrogens (tertiary/aromatic N) is 3. The van der Waals surface area contributed by atoms with Crippen LogP contribution in [0.15, 0.2) is 28.8 Å². The van der Waals surface area contributed by atoms with Crippen molar-refractivity contribution >= 4 is 5.91 Å². The van der Waals surface area contributed by atoms with E-state index in [0.717, 1.165) is 11.3 Å². The summed E-state index contributed by atoms with van der Waals surface area (Å²) in [5.41, 5.74) is 1.07. The van der Waals surface area contributed by atoms with Crippen LogP contribution >= 0.6 is 0 Å². The minimum absolute atomic E-state index is 0.0313. The topological polar surface area (TPSA) is 68.5 Å². The normalized spacial score (nSPS) is 16.8. The number of benzene rings is 1. The highest BCUT2D eigenvalue weighted by Gasteiger charge is 2.28. The summed E-state index contributed by atoms with van der Waals surface area (Å²) in [6, 6.07) is 7.84. The molecular weight excluding hydrogens is 294 g/mol. The van der Waals surface area contributed by atoms with Gasteiger partial charge in [0.05, 0.1) is 12.5 Å². The second kappa shape index (κ2) is 6.40. The zero-order valence-electron chi connectivity index (χ0n) is 13.7. The molecule has 6 heteroatoms. The summed E-state index contributed by atoms with van der Waals surface area (Å²) < 4.78 is 10.9. The lowest BCUT2D eigenvalue weighted by molar-refractivity contribution is -0.136. The van der Waals surface area contributed by atoms with Gasteiger partial charge >= 0.3 is 0 Å². The molecule has 1 amide bonds. The Morgan fingerprint density at radius 1 is 1.39 bits per heavy atom. The van der Waals surface area contributed by atoms with Crippen molar-refractivity contribution < 1.29 is 14.1 Å². The SMILES string of the molecule is CC(C)c1noc(CN(C)C(=O)[C@@H]2COc3ccccc3C2)n1. The van der Waals surface area contributed by atoms with Crippen molar-refractivity contribution in [3.8, 4) is 5.75 Å². The van der Waals surface area contributed by atoms with E-state index in [2.05, 4.69) is 10.1 Å². The zero-order chi connectivity index (χ0) is 16.4. The largest absolute Gasteiger partial charge is 0.492 e. The maximum atomic E-state index is 12.6. The van der Waals surface area contributed by atoms with E-state index >= 15 is 0 Å². The van der Waals surface area contributed by atoms with Crippen LogP contribution in [0.5, 0.6) is 5.75 Å². The lowest BCUT2D eigenvalue weighted by Gasteiger charge is -2.27. The van der Waals surface area contributed by atoms with E-state index in [0.29, 0.717) is 31.3 Å². The number of fused-ring (bicyclic) bond motifs is 1. The maximum Gasteiger partial charge on any atom is 0.246 e. The van der Waals surface area contributed by atoms with E-state index in [4.69, 9.17) is 9.26 Å². The van der Waals surface area contributed by atoms with E-state index in [-0.39, 0.29) is 17.7 Å². The number of para-hydroxylation sites is 1. The number of aromatic nitrogens is 2. The van der Waals surface area contributed by atoms with Crippen molar-refractivity contribution in [2.45, 2.75) is 32.7 Å². The van der Waals surface area contributed by atoms with Crippen LogP contribution in [0.4, 0.5) is 0 Å². The minimum Gasteiger partial charge on any atom is -0.492 e. The van der Waals surface area contributed by atoms with Crippen molar-refractivity contribution in [1.29, 1.82) is 0 Å². The summed E-state index contributed by atoms with van der Waals surface area (Å²) in [5.74, 6) is 2.05. The Morgan fingerprint density at radius 2 is 2.17 bits per heavy atom. The molecule has 3 rings (SSSR count). The molecule has 0 aliphatic carbocycles. The van der Waals surface area contributed by atoms with Gasteiger partial charge in [-0.1, -0.05) is 37.2 Å². The van der Waals surface area contributed by atoms with E-state index < -0.39 is 0 Å². The quantitative estimate of drug-likeness (QED) is 0.866. The Kier molecular flexibility index (Phi) is 4.32. The van der Waals surface area contributed by atoms with Gasteiger partial charge < -0.3 is 14.2 Å². The van der Waals surface area contributed by atoms with Crippen LogP contribution in [0.1, 0.15) is 37.0 Å². The van der Waals surface area contributed by atoms with Gasteiger partial charge in [-0.15, -0.1) is 0 Å². The highest BCUT2D eigenvalue weighted by molar-refractivity contribution is 5.79. The van der Waals surface area contributed by atoms with Crippen LogP contribution in [0.3, 0.4) is 0 Å². The third-order valence-corrected chi connectivity index (χ3v) is 3.98. The van der Waals surface area contributed by atoms with Gasteiger partial charge in [-0.25, -0.2) is 0 Å². The number of hydrogen-bond donors (Lipinski definition) is 0. The first-order chi connectivity index (χ1) is 11.0. The van der Waals surface area contributed by atoms with Gasteiger partial charge in [0.15, 0.2) is 5.82 Å². The van der Waals surface area contributed by atoms with Crippen LogP contribution in [0.2, 0.25) is 0 Å². The highest BCUT2D eigenvalue weighted by Crippen LogP contribution is 2.27. The molecule has 1 aliphatic heterocycles. The smallest absolute Gasteiger partial charge is 0.246 e. The summed E-state index contributed by atoms with van der Waals surface area (Å²) in [7, 11) is 1.75. The first kappa shape index (κ1) is 15.5. The predicted octanol–water partition coefficient (Wildman–Crippen LogP) is 2.40. The molecule has 6 nitrogen and oxygen atoms in total. The lowest BCUT2D eigenvalue weighted by atomic mass is 9.95. The Hall–Kier alpha value is -2.37. The summed E-state index contributed by atoms with van der Waals surface area (Å²) in [6.07, 6.45) is 0.695. The molecule has 0 fully saturated rings. The zero-order valence-corrected chi connectivity index (χ0v) is 13.7. The Labute approximate surface area is 135 Å². The molecule has 2 heterocycles. The fraction of sp³-hybridized carbons (Fsp3) is 0.471. The molecule has 1 aromatic heterocycles. The maximum absolute atomic E-state index is 12.6. The molecule has 1 aliphatic rings. The number of ether oxygens (including phenoxy) is 1. The van der Waals surface area contributed by atoms with Crippen molar-refractivity contribution in [1.82, 2.24) is 15.0 Å². The molecule has 0 unspecified atom stereocenters. The van der Waals surface area contributed by atoms with Crippen molar-refractivity contribution in [2.24, 2.45) is 5.92 Å². The number of hydrogen-bond acceptors (Lipinski definition) is 5. The third-order valence-electron chi connectivity index (χ3n) is 3.98. The predicted molar refractivity (Wildman–Crippen MR) is 84.0 cm³/mol. The Bertz CT molecular complexity index is 696. The van der Waals surface area contributed by atoms with Crippen LogP contribution in [0, 0.1) is 5.92 Å². The molecule has 0 saturated carbocycles. The van der Waals surface area contributed by atoms with Gasteiger partial charge in [-0.3, -0.25) is 4.79 Å². The highest BCUT2D eigenvalue weighted by atomic mass is 16.5. The van der Waals surface area contributed by atoms with E-state index in [1.54, 1.807) is 11.9 Å². The van der Waals surface area contributed by atoms with Crippen LogP contribution in [-0.2, 0) is 17.8 Å². The molecule has 0 saturated heterocycles. The summed E-state index contributed by atoms with van der Waals surface area (Å²) >= 11 is 0. The number of rotatable bonds is 4. The van der Waals surface area contributed by atoms with Crippen LogP contribution < -0.4 is 4.74 Å². The summed E-state index contributed by atoms with van der Waals surface area (Å²) in [5, 5.41) is 3.92. The second-order valence-corrected chi connectivity index (χ2v) is 6.22. The van der Waals surface area contributed by atoms with E-state index in [1.165, 1.54) is 0 Å². The molecule has 1 atom stereocenters. The van der Waals surface area contributed by atoms with Gasteiger partial charge in [-0.2, -0.15) is 4.98 Å². The molecule has 0 N–H and O–H groups in total. The number of amides is 1. The number of carbonyl (C=O) groups excluding carboxylic acids is 1. The summed E-state index contributed by atoms with van der Waals surface area (Å²) in [6.45, 7) is 4.72. The van der Waals surface area contributed by atoms with Gasteiger partial charge in [0.25, 0.3) is 0 Å². The molecule has 122 valence electrons. The van der Waals surface area contributed by atoms with E-state index in [9.17, 15) is 4.79 Å². The minimum atomic E-state index is -0.178. The van der Waals surface area contributed by atoms with Crippen molar-refractivity contribution in [3.05, 3.63) is 41.5 Å². The molecule has 2 aromatic rings. The fourth-order valence-corrected chi connectivity index (χ4v) is 2.65. The molecule has 0 bridgehead atoms. The van der Waals surface area contributed by atoms with Crippen molar-refractivity contribution in [2.75, 3.05) is 13.7 Å². The number of carbonyl (C=O) groups is 1. The molecule has 0 spiro atoms. The van der Waals surface area contributed by atoms with Gasteiger partial charge in [0.2, 0.25) is 11.8 Å². The van der Waals surface area contributed by atoms with Gasteiger partial charge in [0, 0.05) is 13.0 Å². The molecule has 0 radical (unpaired) electrons. The molecular formula is C17H21N3O3. The van der Waals surface area contributed by atoms with E-state index in [1.807, 2.05) is 38.1 Å². The standard InChI is InChI=1S/C17H21N3O3/c1-11(2)16-18-15(23-19-16)9-20(3)17(21)13-8-12-6-4-5-7-14(12)22-10-13/h4-7,11,13H,8-10H2,1-3H3/t13-/m0/s1. The second-order valence-electron chi connectivity index (χ2n) is 6.22. The first-order valence-corrected chi connectivity index (χ1v) is 7.82. The average Bonchev–Trinajstić information content (AvgIpc) is 3.02. The fourth-order valence-electron chi connectivity index (χ4n) is 2.65. The molecule has 1 aromatic carbocycles. The van der Waals surface area contributed by atoms with Gasteiger partial charge in [-0.05, 0) is 18.1 Å². The van der Waals surface area contributed by atoms with Crippen molar-refractivity contribution in [3.63, 3.8) is 0 Å². The van der Waals surface area contributed by atoms with Crippen LogP contribution in [0.25, 0.3) is 0 Å². The monoisotopic (exact) mass is 315 g/mol. The average molecular weight is 315 g/mol. The van der Waals surface area contributed by atoms with Crippen LogP contribution in [-0.4, -0.2) is 34.6 Å². The van der Waals surface area contributed by atoms with Gasteiger partial charge in [0.1, 0.15) is 12.4 Å². The summed E-state index contributed by atoms with van der Waals surface area (Å²) in [4.78, 5) is 18.5. The molecule has 23 heavy (non-hydrogen) atoms. The Morgan fingerprint density at radius 3 is 2.91 bits per heavy atom. The third kappa shape index (κ3) is 3.36.